The molecule has 0 saturated carbocycles. The third-order valence-corrected chi connectivity index (χ3v) is 4.44. The predicted octanol–water partition coefficient (Wildman–Crippen LogP) is 2.73. The zero-order chi connectivity index (χ0) is 17.0. The molecule has 122 valence electrons. The average molecular weight is 343 g/mol. The SMILES string of the molecule is O=C(Nc1ccc(S(=O)(=O)Nc2ccccn2)cc1)c1ccco1. The van der Waals surface area contributed by atoms with E-state index in [1.807, 2.05) is 0 Å². The second kappa shape index (κ2) is 6.55. The molecule has 7 nitrogen and oxygen atoms in total. The van der Waals surface area contributed by atoms with E-state index in [1.165, 1.54) is 42.8 Å². The first-order chi connectivity index (χ1) is 11.5. The third kappa shape index (κ3) is 3.61. The first-order valence-electron chi connectivity index (χ1n) is 6.93. The summed E-state index contributed by atoms with van der Waals surface area (Å²) in [4.78, 5) is 15.8. The number of carbonyl (C=O) groups is 1. The third-order valence-electron chi connectivity index (χ3n) is 3.07. The number of rotatable bonds is 5. The Kier molecular flexibility index (Phi) is 4.30. The van der Waals surface area contributed by atoms with Crippen molar-refractivity contribution >= 4 is 27.4 Å². The standard InChI is InChI=1S/C16H13N3O4S/c20-16(14-4-3-11-23-14)18-12-6-8-13(9-7-12)24(21,22)19-15-5-1-2-10-17-15/h1-11H,(H,17,19)(H,18,20). The Morgan fingerprint density at radius 1 is 1.00 bits per heavy atom. The molecule has 0 saturated heterocycles. The molecule has 0 unspecified atom stereocenters. The lowest BCUT2D eigenvalue weighted by Crippen LogP contribution is -2.14. The smallest absolute Gasteiger partial charge is 0.291 e. The molecular weight excluding hydrogens is 330 g/mol. The van der Waals surface area contributed by atoms with Crippen LogP contribution in [0.2, 0.25) is 0 Å². The highest BCUT2D eigenvalue weighted by molar-refractivity contribution is 7.92. The molecule has 0 spiro atoms. The van der Waals surface area contributed by atoms with Crippen molar-refractivity contribution in [3.63, 3.8) is 0 Å². The van der Waals surface area contributed by atoms with Crippen molar-refractivity contribution in [2.75, 3.05) is 10.0 Å². The van der Waals surface area contributed by atoms with Crippen LogP contribution in [0, 0.1) is 0 Å². The quantitative estimate of drug-likeness (QED) is 0.742. The number of pyridine rings is 1. The van der Waals surface area contributed by atoms with Gasteiger partial charge < -0.3 is 9.73 Å². The molecule has 0 aliphatic carbocycles. The number of carbonyl (C=O) groups excluding carboxylic acids is 1. The van der Waals surface area contributed by atoms with Crippen molar-refractivity contribution < 1.29 is 17.6 Å². The minimum Gasteiger partial charge on any atom is -0.459 e. The molecule has 2 aromatic heterocycles. The Bertz CT molecular complexity index is 921. The normalized spacial score (nSPS) is 11.0. The van der Waals surface area contributed by atoms with Gasteiger partial charge in [0.15, 0.2) is 5.76 Å². The molecule has 0 atom stereocenters. The summed E-state index contributed by atoms with van der Waals surface area (Å²) in [6, 6.07) is 13.8. The molecule has 1 aromatic carbocycles. The number of benzene rings is 1. The number of nitrogens with one attached hydrogen (secondary N) is 2. The summed E-state index contributed by atoms with van der Waals surface area (Å²) in [7, 11) is -3.75. The van der Waals surface area contributed by atoms with Crippen LogP contribution in [0.15, 0.2) is 76.4 Å². The van der Waals surface area contributed by atoms with E-state index in [9.17, 15) is 13.2 Å². The molecule has 0 aliphatic rings. The van der Waals surface area contributed by atoms with Crippen molar-refractivity contribution in [1.82, 2.24) is 4.98 Å². The average Bonchev–Trinajstić information content (AvgIpc) is 3.10. The number of sulfonamides is 1. The van der Waals surface area contributed by atoms with E-state index in [0.717, 1.165) is 0 Å². The molecule has 0 radical (unpaired) electrons. The van der Waals surface area contributed by atoms with Crippen LogP contribution in [0.4, 0.5) is 11.5 Å². The van der Waals surface area contributed by atoms with Crippen LogP contribution in [-0.4, -0.2) is 19.3 Å². The molecule has 2 N–H and O–H groups in total. The van der Waals surface area contributed by atoms with Gasteiger partial charge in [-0.2, -0.15) is 0 Å². The van der Waals surface area contributed by atoms with Gasteiger partial charge in [-0.3, -0.25) is 9.52 Å². The lowest BCUT2D eigenvalue weighted by atomic mass is 10.3. The van der Waals surface area contributed by atoms with Crippen molar-refractivity contribution in [3.8, 4) is 0 Å². The summed E-state index contributed by atoms with van der Waals surface area (Å²) < 4.78 is 31.9. The lowest BCUT2D eigenvalue weighted by molar-refractivity contribution is 0.0996. The first kappa shape index (κ1) is 15.8. The van der Waals surface area contributed by atoms with E-state index < -0.39 is 15.9 Å². The zero-order valence-electron chi connectivity index (χ0n) is 12.3. The van der Waals surface area contributed by atoms with E-state index in [4.69, 9.17) is 4.42 Å². The Morgan fingerprint density at radius 3 is 2.42 bits per heavy atom. The van der Waals surface area contributed by atoms with Crippen LogP contribution in [0.3, 0.4) is 0 Å². The van der Waals surface area contributed by atoms with Crippen molar-refractivity contribution in [3.05, 3.63) is 72.8 Å². The van der Waals surface area contributed by atoms with Crippen molar-refractivity contribution in [1.29, 1.82) is 0 Å². The van der Waals surface area contributed by atoms with E-state index in [-0.39, 0.29) is 16.5 Å². The second-order valence-electron chi connectivity index (χ2n) is 4.78. The molecule has 3 aromatic rings. The van der Waals surface area contributed by atoms with Gasteiger partial charge in [-0.25, -0.2) is 13.4 Å². The van der Waals surface area contributed by atoms with Gasteiger partial charge in [-0.1, -0.05) is 6.07 Å². The lowest BCUT2D eigenvalue weighted by Gasteiger charge is -2.08. The number of hydrogen-bond donors (Lipinski definition) is 2. The van der Waals surface area contributed by atoms with Gasteiger partial charge in [0.25, 0.3) is 15.9 Å². The molecule has 3 rings (SSSR count). The maximum absolute atomic E-state index is 12.3. The monoisotopic (exact) mass is 343 g/mol. The van der Waals surface area contributed by atoms with E-state index in [1.54, 1.807) is 24.3 Å². The number of furan rings is 1. The number of aromatic nitrogens is 1. The largest absolute Gasteiger partial charge is 0.459 e. The van der Waals surface area contributed by atoms with Gasteiger partial charge in [0.2, 0.25) is 0 Å². The fourth-order valence-corrected chi connectivity index (χ4v) is 2.95. The fourth-order valence-electron chi connectivity index (χ4n) is 1.94. The molecule has 0 bridgehead atoms. The van der Waals surface area contributed by atoms with Crippen LogP contribution in [0.1, 0.15) is 10.6 Å². The Balaban J connectivity index is 1.73. The summed E-state index contributed by atoms with van der Waals surface area (Å²) in [5.41, 5.74) is 0.452. The van der Waals surface area contributed by atoms with Gasteiger partial charge in [0, 0.05) is 11.9 Å². The fraction of sp³-hybridized carbons (Fsp3) is 0. The molecule has 1 amide bonds. The number of anilines is 2. The summed E-state index contributed by atoms with van der Waals surface area (Å²) in [5, 5.41) is 2.61. The molecule has 2 heterocycles. The molecule has 8 heteroatoms. The maximum atomic E-state index is 12.3. The highest BCUT2D eigenvalue weighted by Crippen LogP contribution is 2.17. The minimum absolute atomic E-state index is 0.0594. The number of amides is 1. The van der Waals surface area contributed by atoms with Crippen LogP contribution >= 0.6 is 0 Å². The topological polar surface area (TPSA) is 101 Å². The van der Waals surface area contributed by atoms with Crippen molar-refractivity contribution in [2.45, 2.75) is 4.90 Å². The number of hydrogen-bond acceptors (Lipinski definition) is 5. The highest BCUT2D eigenvalue weighted by Gasteiger charge is 2.15. The summed E-state index contributed by atoms with van der Waals surface area (Å²) in [5.74, 6) is -0.0153. The summed E-state index contributed by atoms with van der Waals surface area (Å²) >= 11 is 0. The van der Waals surface area contributed by atoms with Gasteiger partial charge >= 0.3 is 0 Å². The van der Waals surface area contributed by atoms with Gasteiger partial charge in [-0.15, -0.1) is 0 Å². The molecular formula is C16H13N3O4S. The van der Waals surface area contributed by atoms with Crippen LogP contribution in [-0.2, 0) is 10.0 Å². The van der Waals surface area contributed by atoms with Crippen molar-refractivity contribution in [2.24, 2.45) is 0 Å². The van der Waals surface area contributed by atoms with Gasteiger partial charge in [-0.05, 0) is 48.5 Å². The van der Waals surface area contributed by atoms with Crippen LogP contribution in [0.25, 0.3) is 0 Å². The Labute approximate surface area is 138 Å². The van der Waals surface area contributed by atoms with E-state index >= 15 is 0 Å². The Hall–Kier alpha value is -3.13. The van der Waals surface area contributed by atoms with Crippen LogP contribution in [0.5, 0.6) is 0 Å². The first-order valence-corrected chi connectivity index (χ1v) is 8.42. The highest BCUT2D eigenvalue weighted by atomic mass is 32.2. The minimum atomic E-state index is -3.75. The van der Waals surface area contributed by atoms with Gasteiger partial charge in [0.05, 0.1) is 11.2 Å². The molecule has 0 fully saturated rings. The molecule has 24 heavy (non-hydrogen) atoms. The summed E-state index contributed by atoms with van der Waals surface area (Å²) in [6.07, 6.45) is 2.89. The van der Waals surface area contributed by atoms with Gasteiger partial charge in [0.1, 0.15) is 5.82 Å². The van der Waals surface area contributed by atoms with E-state index in [2.05, 4.69) is 15.0 Å². The summed E-state index contributed by atoms with van der Waals surface area (Å²) in [6.45, 7) is 0. The second-order valence-corrected chi connectivity index (χ2v) is 6.46. The number of nitrogens with zero attached hydrogens (tertiary/aromatic N) is 1. The molecule has 0 aliphatic heterocycles. The maximum Gasteiger partial charge on any atom is 0.291 e. The Morgan fingerprint density at radius 2 is 1.79 bits per heavy atom. The van der Waals surface area contributed by atoms with Crippen LogP contribution < -0.4 is 10.0 Å². The predicted molar refractivity (Wildman–Crippen MR) is 88.1 cm³/mol. The van der Waals surface area contributed by atoms with E-state index in [0.29, 0.717) is 5.69 Å². The zero-order valence-corrected chi connectivity index (χ0v) is 13.2.